The fraction of sp³-hybridized carbons (Fsp3) is 0.786. The van der Waals surface area contributed by atoms with Crippen LogP contribution in [0.25, 0.3) is 0 Å². The van der Waals surface area contributed by atoms with E-state index in [0.717, 1.165) is 0 Å². The van der Waals surface area contributed by atoms with Gasteiger partial charge in [-0.15, -0.1) is 0 Å². The lowest BCUT2D eigenvalue weighted by Crippen LogP contribution is -2.40. The Morgan fingerprint density at radius 2 is 2.00 bits per heavy atom. The summed E-state index contributed by atoms with van der Waals surface area (Å²) >= 11 is 0. The fourth-order valence-electron chi connectivity index (χ4n) is 3.07. The zero-order valence-corrected chi connectivity index (χ0v) is 11.9. The summed E-state index contributed by atoms with van der Waals surface area (Å²) in [7, 11) is 0. The Morgan fingerprint density at radius 3 is 2.45 bits per heavy atom. The number of carboxylic acids is 1. The number of carbonyl (C=O) groups is 3. The highest BCUT2D eigenvalue weighted by atomic mass is 16.5. The van der Waals surface area contributed by atoms with Crippen molar-refractivity contribution in [2.24, 2.45) is 5.41 Å². The van der Waals surface area contributed by atoms with Gasteiger partial charge < -0.3 is 9.84 Å². The van der Waals surface area contributed by atoms with Crippen LogP contribution in [-0.2, 0) is 19.1 Å². The third-order valence-electron chi connectivity index (χ3n) is 4.61. The summed E-state index contributed by atoms with van der Waals surface area (Å²) in [6.07, 6.45) is 1.39. The van der Waals surface area contributed by atoms with E-state index in [1.165, 1.54) is 4.90 Å². The number of amides is 2. The van der Waals surface area contributed by atoms with Crippen molar-refractivity contribution >= 4 is 17.8 Å². The molecule has 2 heterocycles. The van der Waals surface area contributed by atoms with Crippen molar-refractivity contribution < 1.29 is 24.2 Å². The molecule has 0 aromatic heterocycles. The first-order chi connectivity index (χ1) is 9.43. The van der Waals surface area contributed by atoms with E-state index in [9.17, 15) is 14.4 Å². The van der Waals surface area contributed by atoms with Gasteiger partial charge in [0.2, 0.25) is 11.8 Å². The second kappa shape index (κ2) is 5.52. The predicted octanol–water partition coefficient (Wildman–Crippen LogP) is 1.18. The molecule has 0 aromatic rings. The number of carboxylic acid groups (broad SMARTS) is 1. The summed E-state index contributed by atoms with van der Waals surface area (Å²) in [5.41, 5.74) is -0.568. The highest BCUT2D eigenvalue weighted by Gasteiger charge is 2.50. The summed E-state index contributed by atoms with van der Waals surface area (Å²) in [5, 5.41) is 8.88. The molecular weight excluding hydrogens is 262 g/mol. The average molecular weight is 283 g/mol. The highest BCUT2D eigenvalue weighted by Crippen LogP contribution is 2.39. The molecule has 0 radical (unpaired) electrons. The Bertz CT molecular complexity index is 429. The third kappa shape index (κ3) is 2.44. The van der Waals surface area contributed by atoms with Crippen molar-refractivity contribution in [3.05, 3.63) is 0 Å². The standard InChI is InChI=1S/C14H21NO5/c1-3-14(4-2)7-11(16)15(13(14)19)8-9-5-6-10(20-9)12(17)18/h9-10H,3-8H2,1-2H3,(H,17,18). The molecule has 2 aliphatic rings. The van der Waals surface area contributed by atoms with E-state index in [-0.39, 0.29) is 30.9 Å². The second-order valence-electron chi connectivity index (χ2n) is 5.64. The molecule has 0 aliphatic carbocycles. The molecule has 112 valence electrons. The monoisotopic (exact) mass is 283 g/mol. The minimum absolute atomic E-state index is 0.130. The van der Waals surface area contributed by atoms with Crippen LogP contribution in [0.15, 0.2) is 0 Å². The number of carbonyl (C=O) groups excluding carboxylic acids is 2. The average Bonchev–Trinajstić information content (AvgIpc) is 2.98. The lowest BCUT2D eigenvalue weighted by atomic mass is 9.81. The van der Waals surface area contributed by atoms with Crippen molar-refractivity contribution in [1.29, 1.82) is 0 Å². The lowest BCUT2D eigenvalue weighted by Gasteiger charge is -2.24. The van der Waals surface area contributed by atoms with Crippen molar-refractivity contribution in [2.45, 2.75) is 58.2 Å². The molecule has 2 amide bonds. The van der Waals surface area contributed by atoms with Crippen LogP contribution in [0.5, 0.6) is 0 Å². The van der Waals surface area contributed by atoms with Crippen LogP contribution in [0.1, 0.15) is 46.0 Å². The molecule has 6 heteroatoms. The SMILES string of the molecule is CCC1(CC)CC(=O)N(CC2CCC(C(=O)O)O2)C1=O. The smallest absolute Gasteiger partial charge is 0.332 e. The van der Waals surface area contributed by atoms with E-state index in [2.05, 4.69) is 0 Å². The molecule has 2 atom stereocenters. The molecule has 2 saturated heterocycles. The Labute approximate surface area is 118 Å². The van der Waals surface area contributed by atoms with E-state index in [1.807, 2.05) is 13.8 Å². The quantitative estimate of drug-likeness (QED) is 0.766. The second-order valence-corrected chi connectivity index (χ2v) is 5.64. The summed E-state index contributed by atoms with van der Waals surface area (Å²) in [5.74, 6) is -1.28. The van der Waals surface area contributed by atoms with E-state index in [1.54, 1.807) is 0 Å². The van der Waals surface area contributed by atoms with Crippen molar-refractivity contribution in [3.63, 3.8) is 0 Å². The van der Waals surface area contributed by atoms with Gasteiger partial charge in [0.05, 0.1) is 18.1 Å². The molecule has 20 heavy (non-hydrogen) atoms. The van der Waals surface area contributed by atoms with Gasteiger partial charge in [-0.3, -0.25) is 14.5 Å². The molecule has 0 spiro atoms. The van der Waals surface area contributed by atoms with Crippen LogP contribution in [0.3, 0.4) is 0 Å². The molecule has 1 N–H and O–H groups in total. The first-order valence-corrected chi connectivity index (χ1v) is 7.16. The maximum atomic E-state index is 12.4. The summed E-state index contributed by atoms with van der Waals surface area (Å²) in [4.78, 5) is 36.6. The Hall–Kier alpha value is -1.43. The van der Waals surface area contributed by atoms with Crippen molar-refractivity contribution in [1.82, 2.24) is 4.90 Å². The molecule has 2 unspecified atom stereocenters. The highest BCUT2D eigenvalue weighted by molar-refractivity contribution is 6.05. The fourth-order valence-corrected chi connectivity index (χ4v) is 3.07. The van der Waals surface area contributed by atoms with E-state index in [0.29, 0.717) is 25.7 Å². The zero-order valence-electron chi connectivity index (χ0n) is 11.9. The molecule has 6 nitrogen and oxygen atoms in total. The number of imide groups is 1. The van der Waals surface area contributed by atoms with Crippen molar-refractivity contribution in [3.8, 4) is 0 Å². The van der Waals surface area contributed by atoms with Crippen LogP contribution in [0.4, 0.5) is 0 Å². The van der Waals surface area contributed by atoms with Crippen LogP contribution >= 0.6 is 0 Å². The van der Waals surface area contributed by atoms with E-state index in [4.69, 9.17) is 9.84 Å². The predicted molar refractivity (Wildman–Crippen MR) is 69.9 cm³/mol. The largest absolute Gasteiger partial charge is 0.479 e. The minimum Gasteiger partial charge on any atom is -0.479 e. The number of hydrogen-bond acceptors (Lipinski definition) is 4. The normalized spacial score (nSPS) is 29.2. The first kappa shape index (κ1) is 15.0. The maximum Gasteiger partial charge on any atom is 0.332 e. The topological polar surface area (TPSA) is 83.9 Å². The van der Waals surface area contributed by atoms with Gasteiger partial charge in [-0.25, -0.2) is 4.79 Å². The van der Waals surface area contributed by atoms with Gasteiger partial charge in [0.25, 0.3) is 0 Å². The number of aliphatic carboxylic acids is 1. The Kier molecular flexibility index (Phi) is 4.13. The van der Waals surface area contributed by atoms with Crippen LogP contribution in [-0.4, -0.2) is 46.5 Å². The van der Waals surface area contributed by atoms with E-state index < -0.39 is 17.5 Å². The van der Waals surface area contributed by atoms with E-state index >= 15 is 0 Å². The van der Waals surface area contributed by atoms with Crippen LogP contribution < -0.4 is 0 Å². The molecule has 0 saturated carbocycles. The number of rotatable bonds is 5. The summed E-state index contributed by atoms with van der Waals surface area (Å²) in [6.45, 7) is 4.03. The van der Waals surface area contributed by atoms with Gasteiger partial charge >= 0.3 is 5.97 Å². The van der Waals surface area contributed by atoms with Crippen LogP contribution in [0, 0.1) is 5.41 Å². The number of nitrogens with zero attached hydrogens (tertiary/aromatic N) is 1. The van der Waals surface area contributed by atoms with Crippen molar-refractivity contribution in [2.75, 3.05) is 6.54 Å². The minimum atomic E-state index is -0.983. The lowest BCUT2D eigenvalue weighted by molar-refractivity contribution is -0.150. The molecule has 2 fully saturated rings. The van der Waals surface area contributed by atoms with Gasteiger partial charge in [0.15, 0.2) is 6.10 Å². The Morgan fingerprint density at radius 1 is 1.35 bits per heavy atom. The molecule has 2 rings (SSSR count). The van der Waals surface area contributed by atoms with Gasteiger partial charge in [0.1, 0.15) is 0 Å². The molecular formula is C14H21NO5. The van der Waals surface area contributed by atoms with Gasteiger partial charge in [-0.05, 0) is 25.7 Å². The Balaban J connectivity index is 2.02. The number of likely N-dealkylation sites (tertiary alicyclic amines) is 1. The first-order valence-electron chi connectivity index (χ1n) is 7.16. The van der Waals surface area contributed by atoms with Gasteiger partial charge in [0, 0.05) is 6.42 Å². The molecule has 2 aliphatic heterocycles. The molecule has 0 bridgehead atoms. The third-order valence-corrected chi connectivity index (χ3v) is 4.61. The zero-order chi connectivity index (χ0) is 14.9. The van der Waals surface area contributed by atoms with Gasteiger partial charge in [-0.2, -0.15) is 0 Å². The molecule has 0 aromatic carbocycles. The number of hydrogen-bond donors (Lipinski definition) is 1. The van der Waals surface area contributed by atoms with Crippen LogP contribution in [0.2, 0.25) is 0 Å². The summed E-state index contributed by atoms with van der Waals surface area (Å²) < 4.78 is 5.37. The number of ether oxygens (including phenoxy) is 1. The summed E-state index contributed by atoms with van der Waals surface area (Å²) in [6, 6.07) is 0. The van der Waals surface area contributed by atoms with Gasteiger partial charge in [-0.1, -0.05) is 13.8 Å². The maximum absolute atomic E-state index is 12.4.